The molecule has 0 spiro atoms. The number of nitrogens with two attached hydrogens (primary N) is 1. The minimum atomic E-state index is -0.417. The lowest BCUT2D eigenvalue weighted by Crippen LogP contribution is -2.25. The number of nitrogen functional groups attached to an aromatic ring is 1. The van der Waals surface area contributed by atoms with Crippen LogP contribution in [-0.4, -0.2) is 25.2 Å². The molecule has 33 heavy (non-hydrogen) atoms. The number of anilines is 1. The number of benzene rings is 3. The van der Waals surface area contributed by atoms with Gasteiger partial charge in [0.2, 0.25) is 5.95 Å². The van der Waals surface area contributed by atoms with E-state index in [1.165, 1.54) is 6.07 Å². The zero-order valence-electron chi connectivity index (χ0n) is 17.7. The van der Waals surface area contributed by atoms with E-state index in [0.29, 0.717) is 36.1 Å². The number of imidazole rings is 1. The highest BCUT2D eigenvalue weighted by Crippen LogP contribution is 2.27. The first-order chi connectivity index (χ1) is 16.1. The first kappa shape index (κ1) is 19.4. The number of hydrogen-bond acceptors (Lipinski definition) is 4. The van der Waals surface area contributed by atoms with Crippen LogP contribution in [0, 0.1) is 5.82 Å². The quantitative estimate of drug-likeness (QED) is 0.455. The van der Waals surface area contributed by atoms with Crippen molar-refractivity contribution in [3.05, 3.63) is 107 Å². The molecule has 5 aromatic rings. The van der Waals surface area contributed by atoms with E-state index in [0.717, 1.165) is 22.4 Å². The van der Waals surface area contributed by atoms with Gasteiger partial charge < -0.3 is 10.6 Å². The molecule has 3 aromatic carbocycles. The van der Waals surface area contributed by atoms with Crippen LogP contribution >= 0.6 is 0 Å². The molecule has 1 aliphatic heterocycles. The van der Waals surface area contributed by atoms with Gasteiger partial charge in [-0.05, 0) is 41.0 Å². The summed E-state index contributed by atoms with van der Waals surface area (Å²) in [6, 6.07) is 20.4. The van der Waals surface area contributed by atoms with E-state index in [2.05, 4.69) is 23.2 Å². The topological polar surface area (TPSA) is 76.5 Å². The number of carbonyl (C=O) groups is 1. The molecule has 0 aliphatic carbocycles. The van der Waals surface area contributed by atoms with Gasteiger partial charge in [-0.2, -0.15) is 0 Å². The van der Waals surface area contributed by atoms with Gasteiger partial charge in [-0.1, -0.05) is 42.5 Å². The molecule has 0 radical (unpaired) electrons. The molecular formula is C26H20FN5O. The van der Waals surface area contributed by atoms with Crippen LogP contribution < -0.4 is 5.73 Å². The monoisotopic (exact) mass is 437 g/mol. The Morgan fingerprint density at radius 1 is 0.970 bits per heavy atom. The second kappa shape index (κ2) is 7.41. The lowest BCUT2D eigenvalue weighted by Gasteiger charge is -2.15. The van der Waals surface area contributed by atoms with Crippen molar-refractivity contribution in [3.63, 3.8) is 0 Å². The lowest BCUT2D eigenvalue weighted by atomic mass is 10.0. The number of nitrogens with zero attached hydrogens (tertiary/aromatic N) is 4. The molecule has 1 amide bonds. The van der Waals surface area contributed by atoms with Crippen molar-refractivity contribution in [2.24, 2.45) is 0 Å². The largest absolute Gasteiger partial charge is 0.369 e. The molecule has 0 bridgehead atoms. The molecule has 0 saturated heterocycles. The number of halogens is 1. The third kappa shape index (κ3) is 3.29. The second-order valence-electron chi connectivity index (χ2n) is 8.34. The number of para-hydroxylation sites is 1. The fourth-order valence-corrected chi connectivity index (χ4v) is 4.53. The van der Waals surface area contributed by atoms with E-state index in [9.17, 15) is 9.18 Å². The highest BCUT2D eigenvalue weighted by molar-refractivity contribution is 5.94. The Bertz CT molecular complexity index is 1540. The highest BCUT2D eigenvalue weighted by Gasteiger charge is 2.24. The highest BCUT2D eigenvalue weighted by atomic mass is 19.1. The molecule has 2 aromatic heterocycles. The molecular weight excluding hydrogens is 417 g/mol. The minimum Gasteiger partial charge on any atom is -0.369 e. The normalized spacial score (nSPS) is 13.1. The van der Waals surface area contributed by atoms with Crippen molar-refractivity contribution in [1.82, 2.24) is 19.3 Å². The average Bonchev–Trinajstić information content (AvgIpc) is 3.45. The first-order valence-corrected chi connectivity index (χ1v) is 10.7. The minimum absolute atomic E-state index is 0.0378. The SMILES string of the molecule is Nc1nc2c(F)cccc2c2nc(Cc3ccc4c(c3)CN(C(=O)c3ccccc3)C4)cn12. The van der Waals surface area contributed by atoms with Crippen molar-refractivity contribution >= 4 is 28.4 Å². The number of amides is 1. The zero-order valence-corrected chi connectivity index (χ0v) is 17.7. The number of hydrogen-bond donors (Lipinski definition) is 1. The Labute approximate surface area is 189 Å². The van der Waals surface area contributed by atoms with Crippen LogP contribution in [0.15, 0.2) is 72.9 Å². The Kier molecular flexibility index (Phi) is 4.36. The summed E-state index contributed by atoms with van der Waals surface area (Å²) in [5.74, 6) is -0.180. The number of aromatic nitrogens is 3. The number of carbonyl (C=O) groups excluding carboxylic acids is 1. The van der Waals surface area contributed by atoms with Crippen LogP contribution in [0.2, 0.25) is 0 Å². The maximum absolute atomic E-state index is 14.2. The second-order valence-corrected chi connectivity index (χ2v) is 8.34. The summed E-state index contributed by atoms with van der Waals surface area (Å²) in [4.78, 5) is 23.6. The van der Waals surface area contributed by atoms with Crippen molar-refractivity contribution in [3.8, 4) is 0 Å². The summed E-state index contributed by atoms with van der Waals surface area (Å²) >= 11 is 0. The van der Waals surface area contributed by atoms with Crippen LogP contribution in [0.25, 0.3) is 16.6 Å². The van der Waals surface area contributed by atoms with Crippen molar-refractivity contribution < 1.29 is 9.18 Å². The number of rotatable bonds is 3. The summed E-state index contributed by atoms with van der Waals surface area (Å²) < 4.78 is 15.9. The van der Waals surface area contributed by atoms with Gasteiger partial charge in [-0.25, -0.2) is 14.4 Å². The summed E-state index contributed by atoms with van der Waals surface area (Å²) in [5, 5.41) is 0.625. The van der Waals surface area contributed by atoms with Gasteiger partial charge in [0.05, 0.1) is 5.69 Å². The van der Waals surface area contributed by atoms with E-state index >= 15 is 0 Å². The average molecular weight is 437 g/mol. The van der Waals surface area contributed by atoms with Crippen molar-refractivity contribution in [2.45, 2.75) is 19.5 Å². The maximum Gasteiger partial charge on any atom is 0.254 e. The predicted octanol–water partition coefficient (Wildman–Crippen LogP) is 4.35. The molecule has 0 unspecified atom stereocenters. The van der Waals surface area contributed by atoms with Gasteiger partial charge >= 0.3 is 0 Å². The molecule has 3 heterocycles. The molecule has 2 N–H and O–H groups in total. The Morgan fingerprint density at radius 3 is 2.64 bits per heavy atom. The predicted molar refractivity (Wildman–Crippen MR) is 124 cm³/mol. The van der Waals surface area contributed by atoms with Gasteiger partial charge in [-0.15, -0.1) is 0 Å². The van der Waals surface area contributed by atoms with Gasteiger partial charge in [0, 0.05) is 36.7 Å². The molecule has 1 aliphatic rings. The fourth-order valence-electron chi connectivity index (χ4n) is 4.53. The summed E-state index contributed by atoms with van der Waals surface area (Å²) in [7, 11) is 0. The van der Waals surface area contributed by atoms with Crippen LogP contribution in [-0.2, 0) is 19.5 Å². The molecule has 0 saturated carbocycles. The van der Waals surface area contributed by atoms with Crippen LogP contribution in [0.3, 0.4) is 0 Å². The summed E-state index contributed by atoms with van der Waals surface area (Å²) in [6.07, 6.45) is 2.44. The maximum atomic E-state index is 14.2. The van der Waals surface area contributed by atoms with Crippen molar-refractivity contribution in [1.29, 1.82) is 0 Å². The molecule has 6 nitrogen and oxygen atoms in total. The van der Waals surface area contributed by atoms with Crippen molar-refractivity contribution in [2.75, 3.05) is 5.73 Å². The first-order valence-electron chi connectivity index (χ1n) is 10.7. The van der Waals surface area contributed by atoms with Gasteiger partial charge in [0.1, 0.15) is 17.0 Å². The molecule has 7 heteroatoms. The van der Waals surface area contributed by atoms with Crippen LogP contribution in [0.5, 0.6) is 0 Å². The summed E-state index contributed by atoms with van der Waals surface area (Å²) in [6.45, 7) is 1.19. The fraction of sp³-hybridized carbons (Fsp3) is 0.115. The zero-order chi connectivity index (χ0) is 22.5. The summed E-state index contributed by atoms with van der Waals surface area (Å²) in [5.41, 5.74) is 11.8. The van der Waals surface area contributed by atoms with Crippen LogP contribution in [0.1, 0.15) is 32.7 Å². The third-order valence-electron chi connectivity index (χ3n) is 6.14. The van der Waals surface area contributed by atoms with E-state index in [4.69, 9.17) is 10.7 Å². The Balaban J connectivity index is 1.28. The van der Waals surface area contributed by atoms with Gasteiger partial charge in [-0.3, -0.25) is 9.20 Å². The smallest absolute Gasteiger partial charge is 0.254 e. The van der Waals surface area contributed by atoms with E-state index in [-0.39, 0.29) is 17.4 Å². The molecule has 0 atom stereocenters. The standard InChI is InChI=1S/C26H20FN5O/c27-22-8-4-7-21-23(22)30-26(28)32-15-20(29-24(21)32)12-16-9-10-18-13-31(14-19(18)11-16)25(33)17-5-2-1-3-6-17/h1-11,15H,12-14H2,(H2,28,30). The van der Waals surface area contributed by atoms with E-state index < -0.39 is 5.82 Å². The third-order valence-corrected chi connectivity index (χ3v) is 6.14. The van der Waals surface area contributed by atoms with E-state index in [1.54, 1.807) is 16.5 Å². The molecule has 0 fully saturated rings. The Morgan fingerprint density at radius 2 is 1.79 bits per heavy atom. The van der Waals surface area contributed by atoms with Gasteiger partial charge in [0.15, 0.2) is 0 Å². The van der Waals surface area contributed by atoms with E-state index in [1.807, 2.05) is 41.4 Å². The van der Waals surface area contributed by atoms with Gasteiger partial charge in [0.25, 0.3) is 5.91 Å². The van der Waals surface area contributed by atoms with Crippen LogP contribution in [0.4, 0.5) is 10.3 Å². The molecule has 162 valence electrons. The lowest BCUT2D eigenvalue weighted by molar-refractivity contribution is 0.0751. The number of fused-ring (bicyclic) bond motifs is 4. The Hall–Kier alpha value is -4.26. The molecule has 6 rings (SSSR count).